The molecule has 1 aliphatic heterocycles. The van der Waals surface area contributed by atoms with Crippen LogP contribution >= 0.6 is 11.6 Å². The maximum atomic E-state index is 13.5. The molecule has 2 unspecified atom stereocenters. The summed E-state index contributed by atoms with van der Waals surface area (Å²) in [4.78, 5) is 15.5. The third-order valence-corrected chi connectivity index (χ3v) is 8.68. The molecule has 2 aliphatic rings. The van der Waals surface area contributed by atoms with Gasteiger partial charge in [0.2, 0.25) is 0 Å². The molecule has 1 amide bonds. The average molecular weight is 473 g/mol. The number of anilines is 1. The zero-order chi connectivity index (χ0) is 22.7. The Morgan fingerprint density at radius 1 is 1.09 bits per heavy atom. The normalized spacial score (nSPS) is 21.0. The van der Waals surface area contributed by atoms with E-state index in [0.717, 1.165) is 25.8 Å². The molecule has 0 N–H and O–H groups in total. The molecule has 2 atom stereocenters. The maximum Gasteiger partial charge on any atom is 0.264 e. The van der Waals surface area contributed by atoms with Crippen molar-refractivity contribution in [1.82, 2.24) is 4.90 Å². The van der Waals surface area contributed by atoms with Crippen LogP contribution in [0.2, 0.25) is 5.02 Å². The van der Waals surface area contributed by atoms with Crippen molar-refractivity contribution >= 4 is 33.2 Å². The second-order valence-corrected chi connectivity index (χ2v) is 10.8. The number of rotatable bonds is 6. The molecule has 1 saturated carbocycles. The van der Waals surface area contributed by atoms with Crippen LogP contribution in [0, 0.1) is 5.92 Å². The first kappa shape index (κ1) is 22.9. The van der Waals surface area contributed by atoms with E-state index in [1.54, 1.807) is 36.4 Å². The number of piperidine rings is 1. The Kier molecular flexibility index (Phi) is 6.91. The fourth-order valence-corrected chi connectivity index (χ4v) is 6.85. The molecular weight excluding hydrogens is 444 g/mol. The third-order valence-electron chi connectivity index (χ3n) is 6.59. The summed E-state index contributed by atoms with van der Waals surface area (Å²) in [7, 11) is -3.94. The van der Waals surface area contributed by atoms with Gasteiger partial charge in [-0.25, -0.2) is 8.42 Å². The highest BCUT2D eigenvalue weighted by atomic mass is 35.5. The average Bonchev–Trinajstić information content (AvgIpc) is 2.82. The highest BCUT2D eigenvalue weighted by molar-refractivity contribution is 7.92. The lowest BCUT2D eigenvalue weighted by atomic mass is 9.78. The second-order valence-electron chi connectivity index (χ2n) is 8.56. The van der Waals surface area contributed by atoms with E-state index in [2.05, 4.69) is 6.58 Å². The van der Waals surface area contributed by atoms with Gasteiger partial charge in [-0.3, -0.25) is 9.10 Å². The molecule has 2 aromatic rings. The van der Waals surface area contributed by atoms with Crippen molar-refractivity contribution in [1.29, 1.82) is 0 Å². The van der Waals surface area contributed by atoms with Gasteiger partial charge < -0.3 is 4.90 Å². The summed E-state index contributed by atoms with van der Waals surface area (Å²) in [6.45, 7) is 4.50. The standard InChI is InChI=1S/C25H29ClN2O3S/c1-2-16-28(24-15-6-4-13-22(24)26)32(30,31)21-12-7-10-20(18-21)25(29)27-17-8-11-19-9-3-5-14-23(19)27/h2,4,6-7,10,12-13,15,18-19,23H,1,3,5,8-9,11,14,16-17H2. The summed E-state index contributed by atoms with van der Waals surface area (Å²) in [5, 5.41) is 0.335. The molecule has 170 valence electrons. The summed E-state index contributed by atoms with van der Waals surface area (Å²) in [6.07, 6.45) is 8.30. The van der Waals surface area contributed by atoms with Gasteiger partial charge in [0.05, 0.1) is 22.2 Å². The number of halogens is 1. The van der Waals surface area contributed by atoms with Gasteiger partial charge in [0.1, 0.15) is 0 Å². The van der Waals surface area contributed by atoms with E-state index in [9.17, 15) is 13.2 Å². The van der Waals surface area contributed by atoms with Crippen molar-refractivity contribution in [3.63, 3.8) is 0 Å². The molecule has 1 saturated heterocycles. The minimum atomic E-state index is -3.94. The zero-order valence-electron chi connectivity index (χ0n) is 18.1. The number of amides is 1. The quantitative estimate of drug-likeness (QED) is 0.520. The van der Waals surface area contributed by atoms with Gasteiger partial charge in [-0.1, -0.05) is 48.7 Å². The Hall–Kier alpha value is -2.31. The second kappa shape index (κ2) is 9.67. The van der Waals surface area contributed by atoms with E-state index < -0.39 is 10.0 Å². The van der Waals surface area contributed by atoms with Crippen LogP contribution in [0.1, 0.15) is 48.9 Å². The number of carbonyl (C=O) groups excluding carboxylic acids is 1. The van der Waals surface area contributed by atoms with Crippen LogP contribution in [0.15, 0.2) is 66.1 Å². The highest BCUT2D eigenvalue weighted by Crippen LogP contribution is 2.36. The molecule has 5 nitrogen and oxygen atoms in total. The number of hydrogen-bond acceptors (Lipinski definition) is 3. The Morgan fingerprint density at radius 3 is 2.62 bits per heavy atom. The van der Waals surface area contributed by atoms with E-state index in [0.29, 0.717) is 22.2 Å². The van der Waals surface area contributed by atoms with Gasteiger partial charge in [0, 0.05) is 18.2 Å². The summed E-state index contributed by atoms with van der Waals surface area (Å²) in [6, 6.07) is 13.4. The van der Waals surface area contributed by atoms with Crippen molar-refractivity contribution in [3.05, 3.63) is 71.8 Å². The lowest BCUT2D eigenvalue weighted by molar-refractivity contribution is 0.0390. The monoisotopic (exact) mass is 472 g/mol. The van der Waals surface area contributed by atoms with Gasteiger partial charge in [0.15, 0.2) is 0 Å². The van der Waals surface area contributed by atoms with Gasteiger partial charge >= 0.3 is 0 Å². The molecular formula is C25H29ClN2O3S. The predicted molar refractivity (Wildman–Crippen MR) is 129 cm³/mol. The largest absolute Gasteiger partial charge is 0.335 e. The SMILES string of the molecule is C=CCN(c1ccccc1Cl)S(=O)(=O)c1cccc(C(=O)N2CCCC3CCCCC32)c1. The first-order valence-electron chi connectivity index (χ1n) is 11.2. The topological polar surface area (TPSA) is 57.7 Å². The minimum Gasteiger partial charge on any atom is -0.335 e. The third kappa shape index (κ3) is 4.44. The number of hydrogen-bond donors (Lipinski definition) is 0. The number of carbonyl (C=O) groups is 1. The van der Waals surface area contributed by atoms with Gasteiger partial charge in [0.25, 0.3) is 15.9 Å². The van der Waals surface area contributed by atoms with E-state index >= 15 is 0 Å². The highest BCUT2D eigenvalue weighted by Gasteiger charge is 2.36. The van der Waals surface area contributed by atoms with Crippen LogP contribution in [-0.2, 0) is 10.0 Å². The molecule has 0 radical (unpaired) electrons. The van der Waals surface area contributed by atoms with Crippen molar-refractivity contribution in [2.24, 2.45) is 5.92 Å². The minimum absolute atomic E-state index is 0.0696. The molecule has 4 rings (SSSR count). The first-order valence-corrected chi connectivity index (χ1v) is 13.0. The summed E-state index contributed by atoms with van der Waals surface area (Å²) in [5.74, 6) is 0.489. The Balaban J connectivity index is 1.66. The fourth-order valence-electron chi connectivity index (χ4n) is 5.06. The lowest BCUT2D eigenvalue weighted by Crippen LogP contribution is -2.49. The number of sulfonamides is 1. The van der Waals surface area contributed by atoms with E-state index in [-0.39, 0.29) is 23.4 Å². The van der Waals surface area contributed by atoms with E-state index in [1.807, 2.05) is 4.90 Å². The van der Waals surface area contributed by atoms with Crippen LogP contribution in [0.5, 0.6) is 0 Å². The lowest BCUT2D eigenvalue weighted by Gasteiger charge is -2.44. The van der Waals surface area contributed by atoms with E-state index in [4.69, 9.17) is 11.6 Å². The summed E-state index contributed by atoms with van der Waals surface area (Å²) < 4.78 is 28.3. The zero-order valence-corrected chi connectivity index (χ0v) is 19.7. The van der Waals surface area contributed by atoms with Gasteiger partial charge in [-0.15, -0.1) is 6.58 Å². The first-order chi connectivity index (χ1) is 15.4. The van der Waals surface area contributed by atoms with Crippen molar-refractivity contribution in [2.45, 2.75) is 49.5 Å². The van der Waals surface area contributed by atoms with Gasteiger partial charge in [-0.05, 0) is 61.9 Å². The van der Waals surface area contributed by atoms with Crippen LogP contribution in [0.25, 0.3) is 0 Å². The Labute approximate surface area is 195 Å². The molecule has 2 fully saturated rings. The van der Waals surface area contributed by atoms with Crippen LogP contribution in [0.4, 0.5) is 5.69 Å². The Bertz CT molecular complexity index is 1100. The van der Waals surface area contributed by atoms with Crippen LogP contribution in [0.3, 0.4) is 0 Å². The number of nitrogens with zero attached hydrogens (tertiary/aromatic N) is 2. The maximum absolute atomic E-state index is 13.5. The smallest absolute Gasteiger partial charge is 0.264 e. The number of likely N-dealkylation sites (tertiary alicyclic amines) is 1. The fraction of sp³-hybridized carbons (Fsp3) is 0.400. The van der Waals surface area contributed by atoms with Crippen molar-refractivity contribution in [2.75, 3.05) is 17.4 Å². The number of para-hydroxylation sites is 1. The molecule has 2 aromatic carbocycles. The van der Waals surface area contributed by atoms with Crippen molar-refractivity contribution < 1.29 is 13.2 Å². The molecule has 0 bridgehead atoms. The molecule has 32 heavy (non-hydrogen) atoms. The molecule has 7 heteroatoms. The summed E-state index contributed by atoms with van der Waals surface area (Å²) >= 11 is 6.30. The van der Waals surface area contributed by atoms with E-state index in [1.165, 1.54) is 41.8 Å². The molecule has 1 aliphatic carbocycles. The molecule has 0 aromatic heterocycles. The van der Waals surface area contributed by atoms with Crippen LogP contribution in [-0.4, -0.2) is 38.4 Å². The number of fused-ring (bicyclic) bond motifs is 1. The summed E-state index contributed by atoms with van der Waals surface area (Å²) in [5.41, 5.74) is 0.793. The van der Waals surface area contributed by atoms with Gasteiger partial charge in [-0.2, -0.15) is 0 Å². The molecule has 1 heterocycles. The number of benzene rings is 2. The van der Waals surface area contributed by atoms with Crippen LogP contribution < -0.4 is 4.31 Å². The van der Waals surface area contributed by atoms with Crippen molar-refractivity contribution in [3.8, 4) is 0 Å². The molecule has 0 spiro atoms. The Morgan fingerprint density at radius 2 is 1.84 bits per heavy atom. The predicted octanol–water partition coefficient (Wildman–Crippen LogP) is 5.52.